The number of para-hydroxylation sites is 1. The average Bonchev–Trinajstić information content (AvgIpc) is 3.13. The SMILES string of the molecule is Cc1ccc(C(C)C)c(OCc2nnc(SCC(=O)NCCOc3ccccc3)n2N)c1. The molecule has 0 bridgehead atoms. The number of nitrogens with one attached hydrogen (secondary N) is 1. The van der Waals surface area contributed by atoms with Gasteiger partial charge in [-0.3, -0.25) is 4.79 Å². The van der Waals surface area contributed by atoms with Crippen molar-refractivity contribution in [1.29, 1.82) is 0 Å². The van der Waals surface area contributed by atoms with Gasteiger partial charge in [0.2, 0.25) is 11.1 Å². The summed E-state index contributed by atoms with van der Waals surface area (Å²) in [6.45, 7) is 7.27. The van der Waals surface area contributed by atoms with Crippen molar-refractivity contribution in [3.63, 3.8) is 0 Å². The Labute approximate surface area is 192 Å². The van der Waals surface area contributed by atoms with E-state index in [9.17, 15) is 4.79 Å². The van der Waals surface area contributed by atoms with Crippen LogP contribution in [0.5, 0.6) is 11.5 Å². The van der Waals surface area contributed by atoms with Gasteiger partial charge in [-0.15, -0.1) is 10.2 Å². The van der Waals surface area contributed by atoms with Gasteiger partial charge >= 0.3 is 0 Å². The van der Waals surface area contributed by atoms with Gasteiger partial charge in [0.15, 0.2) is 5.82 Å². The third-order valence-corrected chi connectivity index (χ3v) is 5.59. The molecule has 0 saturated heterocycles. The fraction of sp³-hybridized carbons (Fsp3) is 0.348. The lowest BCUT2D eigenvalue weighted by Gasteiger charge is -2.14. The quantitative estimate of drug-likeness (QED) is 0.260. The van der Waals surface area contributed by atoms with Gasteiger partial charge < -0.3 is 20.6 Å². The van der Waals surface area contributed by atoms with Crippen molar-refractivity contribution in [2.45, 2.75) is 38.5 Å². The van der Waals surface area contributed by atoms with Crippen LogP contribution < -0.4 is 20.6 Å². The second-order valence-corrected chi connectivity index (χ2v) is 8.50. The number of rotatable bonds is 11. The minimum absolute atomic E-state index is 0.131. The number of hydrogen-bond donors (Lipinski definition) is 2. The molecule has 0 unspecified atom stereocenters. The maximum absolute atomic E-state index is 12.1. The molecule has 0 spiro atoms. The van der Waals surface area contributed by atoms with Crippen LogP contribution in [-0.2, 0) is 11.4 Å². The molecule has 32 heavy (non-hydrogen) atoms. The van der Waals surface area contributed by atoms with Gasteiger partial charge in [0.25, 0.3) is 0 Å². The van der Waals surface area contributed by atoms with E-state index in [0.717, 1.165) is 22.6 Å². The zero-order valence-corrected chi connectivity index (χ0v) is 19.4. The van der Waals surface area contributed by atoms with Crippen LogP contribution in [0.2, 0.25) is 0 Å². The lowest BCUT2D eigenvalue weighted by Crippen LogP contribution is -2.29. The Morgan fingerprint density at radius 1 is 1.16 bits per heavy atom. The van der Waals surface area contributed by atoms with E-state index >= 15 is 0 Å². The van der Waals surface area contributed by atoms with Crippen molar-refractivity contribution in [2.75, 3.05) is 24.7 Å². The molecule has 2 aromatic carbocycles. The van der Waals surface area contributed by atoms with Crippen molar-refractivity contribution in [3.8, 4) is 11.5 Å². The van der Waals surface area contributed by atoms with E-state index in [0.29, 0.717) is 30.1 Å². The van der Waals surface area contributed by atoms with Crippen molar-refractivity contribution in [2.24, 2.45) is 0 Å². The number of aryl methyl sites for hydroxylation is 1. The number of nitrogens with zero attached hydrogens (tertiary/aromatic N) is 3. The van der Waals surface area contributed by atoms with Crippen LogP contribution in [0.4, 0.5) is 0 Å². The topological polar surface area (TPSA) is 104 Å². The highest BCUT2D eigenvalue weighted by Gasteiger charge is 2.14. The van der Waals surface area contributed by atoms with Crippen LogP contribution in [0, 0.1) is 6.92 Å². The summed E-state index contributed by atoms with van der Waals surface area (Å²) in [5, 5.41) is 11.4. The number of nitrogen functional groups attached to an aromatic ring is 1. The first-order valence-corrected chi connectivity index (χ1v) is 11.4. The Hall–Kier alpha value is -3.20. The summed E-state index contributed by atoms with van der Waals surface area (Å²) in [6, 6.07) is 15.6. The lowest BCUT2D eigenvalue weighted by atomic mass is 10.0. The molecule has 0 radical (unpaired) electrons. The van der Waals surface area contributed by atoms with E-state index in [4.69, 9.17) is 15.3 Å². The standard InChI is InChI=1S/C23H29N5O3S/c1-16(2)19-10-9-17(3)13-20(19)31-14-21-26-27-23(28(21)24)32-15-22(29)25-11-12-30-18-7-5-4-6-8-18/h4-10,13,16H,11-12,14-15,24H2,1-3H3,(H,25,29). The molecule has 0 aliphatic carbocycles. The van der Waals surface area contributed by atoms with Crippen LogP contribution in [0.3, 0.4) is 0 Å². The molecule has 1 heterocycles. The minimum Gasteiger partial charge on any atom is -0.492 e. The smallest absolute Gasteiger partial charge is 0.230 e. The molecule has 3 rings (SSSR count). The molecule has 9 heteroatoms. The van der Waals surface area contributed by atoms with E-state index in [1.807, 2.05) is 43.3 Å². The van der Waals surface area contributed by atoms with Gasteiger partial charge in [-0.25, -0.2) is 4.68 Å². The van der Waals surface area contributed by atoms with E-state index < -0.39 is 0 Å². The number of carbonyl (C=O) groups excluding carboxylic acids is 1. The van der Waals surface area contributed by atoms with E-state index in [1.165, 1.54) is 16.4 Å². The monoisotopic (exact) mass is 455 g/mol. The maximum Gasteiger partial charge on any atom is 0.230 e. The molecular weight excluding hydrogens is 426 g/mol. The number of nitrogens with two attached hydrogens (primary N) is 1. The zero-order chi connectivity index (χ0) is 22.9. The molecule has 1 aromatic heterocycles. The summed E-state index contributed by atoms with van der Waals surface area (Å²) >= 11 is 1.22. The lowest BCUT2D eigenvalue weighted by molar-refractivity contribution is -0.118. The molecule has 0 aliphatic heterocycles. The predicted octanol–water partition coefficient (Wildman–Crippen LogP) is 3.29. The molecule has 8 nitrogen and oxygen atoms in total. The number of carbonyl (C=O) groups is 1. The first kappa shape index (κ1) is 23.5. The van der Waals surface area contributed by atoms with Gasteiger partial charge in [0.1, 0.15) is 24.7 Å². The number of aromatic nitrogens is 3. The first-order valence-electron chi connectivity index (χ1n) is 10.4. The van der Waals surface area contributed by atoms with Crippen molar-refractivity contribution < 1.29 is 14.3 Å². The molecule has 0 atom stereocenters. The van der Waals surface area contributed by atoms with Crippen molar-refractivity contribution in [1.82, 2.24) is 20.2 Å². The number of ether oxygens (including phenoxy) is 2. The second kappa shape index (κ2) is 11.4. The van der Waals surface area contributed by atoms with Crippen molar-refractivity contribution >= 4 is 17.7 Å². The largest absolute Gasteiger partial charge is 0.492 e. The Morgan fingerprint density at radius 2 is 1.94 bits per heavy atom. The van der Waals surface area contributed by atoms with Crippen LogP contribution in [-0.4, -0.2) is 39.7 Å². The van der Waals surface area contributed by atoms with Gasteiger partial charge in [-0.2, -0.15) is 0 Å². The van der Waals surface area contributed by atoms with Crippen LogP contribution in [0.15, 0.2) is 53.7 Å². The molecule has 1 amide bonds. The molecule has 170 valence electrons. The first-order chi connectivity index (χ1) is 15.4. The Balaban J connectivity index is 1.44. The third kappa shape index (κ3) is 6.65. The summed E-state index contributed by atoms with van der Waals surface area (Å²) < 4.78 is 12.9. The zero-order valence-electron chi connectivity index (χ0n) is 18.6. The van der Waals surface area contributed by atoms with Crippen LogP contribution >= 0.6 is 11.8 Å². The van der Waals surface area contributed by atoms with Gasteiger partial charge in [0.05, 0.1) is 12.3 Å². The van der Waals surface area contributed by atoms with Gasteiger partial charge in [-0.1, -0.05) is 55.9 Å². The third-order valence-electron chi connectivity index (χ3n) is 4.65. The fourth-order valence-corrected chi connectivity index (χ4v) is 3.65. The van der Waals surface area contributed by atoms with E-state index in [2.05, 4.69) is 41.5 Å². The Bertz CT molecular complexity index is 1020. The molecule has 0 aliphatic rings. The molecular formula is C23H29N5O3S. The molecule has 3 aromatic rings. The summed E-state index contributed by atoms with van der Waals surface area (Å²) in [7, 11) is 0. The van der Waals surface area contributed by atoms with Crippen molar-refractivity contribution in [3.05, 3.63) is 65.5 Å². The Kier molecular flexibility index (Phi) is 8.38. The second-order valence-electron chi connectivity index (χ2n) is 7.55. The summed E-state index contributed by atoms with van der Waals surface area (Å²) in [6.07, 6.45) is 0. The highest BCUT2D eigenvalue weighted by Crippen LogP contribution is 2.28. The molecule has 0 fully saturated rings. The van der Waals surface area contributed by atoms with Crippen LogP contribution in [0.25, 0.3) is 0 Å². The van der Waals surface area contributed by atoms with E-state index in [1.54, 1.807) is 0 Å². The van der Waals surface area contributed by atoms with E-state index in [-0.39, 0.29) is 18.3 Å². The summed E-state index contributed by atoms with van der Waals surface area (Å²) in [5.41, 5.74) is 2.25. The average molecular weight is 456 g/mol. The summed E-state index contributed by atoms with van der Waals surface area (Å²) in [5.74, 6) is 8.56. The highest BCUT2D eigenvalue weighted by atomic mass is 32.2. The minimum atomic E-state index is -0.131. The number of benzene rings is 2. The Morgan fingerprint density at radius 3 is 2.69 bits per heavy atom. The molecule has 3 N–H and O–H groups in total. The number of amides is 1. The van der Waals surface area contributed by atoms with Gasteiger partial charge in [0, 0.05) is 0 Å². The normalized spacial score (nSPS) is 10.9. The summed E-state index contributed by atoms with van der Waals surface area (Å²) in [4.78, 5) is 12.1. The maximum atomic E-state index is 12.1. The number of hydrogen-bond acceptors (Lipinski definition) is 7. The van der Waals surface area contributed by atoms with Gasteiger partial charge in [-0.05, 0) is 42.2 Å². The molecule has 0 saturated carbocycles. The fourth-order valence-electron chi connectivity index (χ4n) is 2.95. The predicted molar refractivity (Wildman–Crippen MR) is 125 cm³/mol. The number of thioether (sulfide) groups is 1. The van der Waals surface area contributed by atoms with Crippen LogP contribution in [0.1, 0.15) is 36.7 Å². The highest BCUT2D eigenvalue weighted by molar-refractivity contribution is 7.99.